The molecule has 0 bridgehead atoms. The molecule has 228 valence electrons. The van der Waals surface area contributed by atoms with Crippen molar-refractivity contribution in [1.82, 2.24) is 26.1 Å². The van der Waals surface area contributed by atoms with Crippen molar-refractivity contribution in [2.45, 2.75) is 78.9 Å². The summed E-state index contributed by atoms with van der Waals surface area (Å²) >= 11 is 0. The quantitative estimate of drug-likeness (QED) is 0.313. The average Bonchev–Trinajstić information content (AvgIpc) is 2.98. The maximum Gasteiger partial charge on any atom is 0.322 e. The van der Waals surface area contributed by atoms with Crippen LogP contribution in [0.3, 0.4) is 0 Å². The Morgan fingerprint density at radius 2 is 1.81 bits per heavy atom. The van der Waals surface area contributed by atoms with Crippen molar-refractivity contribution < 1.29 is 24.3 Å². The number of aryl methyl sites for hydroxylation is 1. The van der Waals surface area contributed by atoms with E-state index >= 15 is 0 Å². The van der Waals surface area contributed by atoms with E-state index in [4.69, 9.17) is 5.11 Å². The molecule has 4 N–H and O–H groups in total. The Kier molecular flexibility index (Phi) is 13.3. The Morgan fingerprint density at radius 1 is 1.12 bits per heavy atom. The third-order valence-electron chi connectivity index (χ3n) is 6.99. The van der Waals surface area contributed by atoms with Gasteiger partial charge in [0.05, 0.1) is 11.4 Å². The second kappa shape index (κ2) is 16.4. The molecule has 10 nitrogen and oxygen atoms in total. The first-order valence-corrected chi connectivity index (χ1v) is 14.5. The lowest BCUT2D eigenvalue weighted by Gasteiger charge is -2.34. The molecule has 42 heavy (non-hydrogen) atoms. The van der Waals surface area contributed by atoms with Crippen molar-refractivity contribution in [3.63, 3.8) is 0 Å². The van der Waals surface area contributed by atoms with Crippen LogP contribution in [0.1, 0.15) is 65.6 Å². The molecule has 4 atom stereocenters. The zero-order chi connectivity index (χ0) is 31.4. The van der Waals surface area contributed by atoms with E-state index in [0.29, 0.717) is 19.4 Å². The number of carbonyl (C=O) groups is 4. The number of amides is 3. The smallest absolute Gasteiger partial charge is 0.322 e. The number of carboxylic acid groups (broad SMARTS) is 1. The number of benzene rings is 1. The van der Waals surface area contributed by atoms with Crippen LogP contribution in [0.2, 0.25) is 0 Å². The van der Waals surface area contributed by atoms with Crippen LogP contribution >= 0.6 is 0 Å². The maximum absolute atomic E-state index is 12.6. The van der Waals surface area contributed by atoms with E-state index in [2.05, 4.69) is 64.9 Å². The lowest BCUT2D eigenvalue weighted by Crippen LogP contribution is -2.60. The minimum absolute atomic E-state index is 0.173. The van der Waals surface area contributed by atoms with Gasteiger partial charge in [0.15, 0.2) is 0 Å². The Morgan fingerprint density at radius 3 is 2.40 bits per heavy atom. The number of nitrogens with zero attached hydrogens (tertiary/aromatic N) is 2. The van der Waals surface area contributed by atoms with Crippen LogP contribution in [0.25, 0.3) is 17.0 Å². The van der Waals surface area contributed by atoms with Gasteiger partial charge in [-0.1, -0.05) is 70.7 Å². The van der Waals surface area contributed by atoms with Gasteiger partial charge in [-0.3, -0.25) is 29.2 Å². The van der Waals surface area contributed by atoms with E-state index < -0.39 is 35.9 Å². The van der Waals surface area contributed by atoms with Gasteiger partial charge in [-0.15, -0.1) is 0 Å². The highest BCUT2D eigenvalue weighted by Crippen LogP contribution is 2.16. The van der Waals surface area contributed by atoms with Crippen LogP contribution in [0.15, 0.2) is 49.1 Å². The Labute approximate surface area is 248 Å². The van der Waals surface area contributed by atoms with Crippen LogP contribution in [-0.4, -0.2) is 63.5 Å². The molecule has 2 aromatic rings. The summed E-state index contributed by atoms with van der Waals surface area (Å²) in [6.45, 7) is 14.9. The molecule has 0 saturated carbocycles. The number of rotatable bonds is 10. The summed E-state index contributed by atoms with van der Waals surface area (Å²) in [4.78, 5) is 53.1. The molecule has 2 heterocycles. The summed E-state index contributed by atoms with van der Waals surface area (Å²) in [6, 6.07) is 7.94. The second-order valence-corrected chi connectivity index (χ2v) is 10.7. The van der Waals surface area contributed by atoms with Crippen LogP contribution in [-0.2, 0) is 25.6 Å². The molecular weight excluding hydrogens is 534 g/mol. The fourth-order valence-corrected chi connectivity index (χ4v) is 4.42. The number of hydrogen-bond acceptors (Lipinski definition) is 6. The van der Waals surface area contributed by atoms with Gasteiger partial charge in [0.1, 0.15) is 18.1 Å². The normalized spacial score (nSPS) is 17.1. The molecule has 3 amide bonds. The van der Waals surface area contributed by atoms with E-state index in [9.17, 15) is 19.2 Å². The first kappa shape index (κ1) is 34.2. The summed E-state index contributed by atoms with van der Waals surface area (Å²) in [5, 5.41) is 16.9. The van der Waals surface area contributed by atoms with E-state index in [-0.39, 0.29) is 17.7 Å². The summed E-state index contributed by atoms with van der Waals surface area (Å²) in [5.41, 5.74) is 5.99. The Hall–Kier alpha value is -4.05. The molecule has 0 radical (unpaired) electrons. The number of hydrazine groups is 1. The second-order valence-electron chi connectivity index (χ2n) is 10.7. The van der Waals surface area contributed by atoms with Gasteiger partial charge < -0.3 is 15.7 Å². The molecule has 1 aliphatic rings. The van der Waals surface area contributed by atoms with E-state index in [1.54, 1.807) is 32.9 Å². The molecule has 1 fully saturated rings. The van der Waals surface area contributed by atoms with E-state index in [1.165, 1.54) is 17.3 Å². The first-order chi connectivity index (χ1) is 19.9. The van der Waals surface area contributed by atoms with Crippen molar-refractivity contribution in [3.05, 3.63) is 60.3 Å². The van der Waals surface area contributed by atoms with Crippen LogP contribution in [0, 0.1) is 11.8 Å². The number of pyridine rings is 1. The van der Waals surface area contributed by atoms with Crippen LogP contribution < -0.4 is 16.1 Å². The standard InChI is InChI=1S/C19H32N4O5.C13H13N/c1-6-8-12(4)16(24)21-15(11(2)3)17(25)20-13(5)18(26)23-10-7-9-14(22-23)19(27)28;1-3-10-5-6-11-7-8-12(4-2)14-13(11)9-10/h6,8,11-15,22H,7,9-10H2,1-5H3,(H,20,25)(H,21,24)(H,27,28);3,5-9H,1,4H2,2H3/b8-6+;. The van der Waals surface area contributed by atoms with E-state index in [0.717, 1.165) is 23.2 Å². The minimum atomic E-state index is -1.02. The molecule has 10 heteroatoms. The highest BCUT2D eigenvalue weighted by atomic mass is 16.4. The fraction of sp³-hybridized carbons (Fsp3) is 0.469. The number of aromatic nitrogens is 1. The lowest BCUT2D eigenvalue weighted by atomic mass is 10.0. The van der Waals surface area contributed by atoms with Crippen molar-refractivity contribution in [1.29, 1.82) is 0 Å². The van der Waals surface area contributed by atoms with Crippen molar-refractivity contribution in [2.75, 3.05) is 6.54 Å². The van der Waals surface area contributed by atoms with Gasteiger partial charge in [-0.2, -0.15) is 0 Å². The monoisotopic (exact) mass is 579 g/mol. The Bertz CT molecular complexity index is 1290. The molecule has 1 aromatic carbocycles. The van der Waals surface area contributed by atoms with Gasteiger partial charge in [0, 0.05) is 17.6 Å². The van der Waals surface area contributed by atoms with Gasteiger partial charge >= 0.3 is 5.97 Å². The highest BCUT2D eigenvalue weighted by Gasteiger charge is 2.32. The summed E-state index contributed by atoms with van der Waals surface area (Å²) in [6.07, 6.45) is 7.33. The SMILES string of the molecule is C/C=C/C(C)C(=O)NC(C(=O)NC(C)C(=O)N1CCCC(C(=O)O)N1)C(C)C.C=Cc1ccc2ccc(CC)nc2c1. The molecule has 1 saturated heterocycles. The van der Waals surface area contributed by atoms with Gasteiger partial charge in [-0.25, -0.2) is 5.43 Å². The average molecular weight is 580 g/mol. The zero-order valence-electron chi connectivity index (χ0n) is 25.5. The summed E-state index contributed by atoms with van der Waals surface area (Å²) < 4.78 is 0. The number of nitrogens with one attached hydrogen (secondary N) is 3. The number of aliphatic carboxylic acids is 1. The number of hydrogen-bond donors (Lipinski definition) is 4. The minimum Gasteiger partial charge on any atom is -0.480 e. The number of carbonyl (C=O) groups excluding carboxylic acids is 3. The van der Waals surface area contributed by atoms with E-state index in [1.807, 2.05) is 13.0 Å². The summed E-state index contributed by atoms with van der Waals surface area (Å²) in [7, 11) is 0. The van der Waals surface area contributed by atoms with Crippen molar-refractivity contribution in [3.8, 4) is 0 Å². The number of carboxylic acids is 1. The lowest BCUT2D eigenvalue weighted by molar-refractivity contribution is -0.148. The zero-order valence-corrected chi connectivity index (χ0v) is 25.5. The number of allylic oxidation sites excluding steroid dienone is 1. The van der Waals surface area contributed by atoms with Crippen LogP contribution in [0.4, 0.5) is 0 Å². The fourth-order valence-electron chi connectivity index (χ4n) is 4.42. The Balaban J connectivity index is 0.000000363. The number of fused-ring (bicyclic) bond motifs is 1. The summed E-state index contributed by atoms with van der Waals surface area (Å²) in [5.74, 6) is -2.71. The predicted octanol–water partition coefficient (Wildman–Crippen LogP) is 3.86. The predicted molar refractivity (Wildman–Crippen MR) is 165 cm³/mol. The van der Waals surface area contributed by atoms with Gasteiger partial charge in [0.25, 0.3) is 5.91 Å². The van der Waals surface area contributed by atoms with Crippen molar-refractivity contribution >= 4 is 40.7 Å². The molecule has 0 aliphatic carbocycles. The molecule has 3 rings (SSSR count). The van der Waals surface area contributed by atoms with Gasteiger partial charge in [0.2, 0.25) is 11.8 Å². The molecule has 1 aliphatic heterocycles. The largest absolute Gasteiger partial charge is 0.480 e. The molecule has 4 unspecified atom stereocenters. The third-order valence-corrected chi connectivity index (χ3v) is 6.99. The molecule has 0 spiro atoms. The van der Waals surface area contributed by atoms with Crippen molar-refractivity contribution in [2.24, 2.45) is 11.8 Å². The third kappa shape index (κ3) is 9.80. The topological polar surface area (TPSA) is 141 Å². The molecular formula is C32H45N5O5. The maximum atomic E-state index is 12.6. The first-order valence-electron chi connectivity index (χ1n) is 14.5. The highest BCUT2D eigenvalue weighted by molar-refractivity contribution is 5.92. The molecule has 1 aromatic heterocycles. The van der Waals surface area contributed by atoms with Gasteiger partial charge in [-0.05, 0) is 56.7 Å². The van der Waals surface area contributed by atoms with Crippen LogP contribution in [0.5, 0.6) is 0 Å².